The van der Waals surface area contributed by atoms with Crippen LogP contribution in [0.15, 0.2) is 57.8 Å². The summed E-state index contributed by atoms with van der Waals surface area (Å²) in [5.74, 6) is -0.0970. The molecule has 0 spiro atoms. The van der Waals surface area contributed by atoms with Crippen LogP contribution in [0.5, 0.6) is 0 Å². The van der Waals surface area contributed by atoms with Crippen LogP contribution in [0.2, 0.25) is 0 Å². The second-order valence-corrected chi connectivity index (χ2v) is 7.76. The Bertz CT molecular complexity index is 1040. The highest BCUT2D eigenvalue weighted by molar-refractivity contribution is 7.90. The van der Waals surface area contributed by atoms with Crippen molar-refractivity contribution >= 4 is 15.8 Å². The fourth-order valence-electron chi connectivity index (χ4n) is 2.26. The highest BCUT2D eigenvalue weighted by Crippen LogP contribution is 2.19. The third-order valence-corrected chi connectivity index (χ3v) is 4.71. The Balaban J connectivity index is 1.65. The molecule has 7 nitrogen and oxygen atoms in total. The predicted molar refractivity (Wildman–Crippen MR) is 93.1 cm³/mol. The largest absolute Gasteiger partial charge is 0.452 e. The van der Waals surface area contributed by atoms with E-state index >= 15 is 0 Å². The summed E-state index contributed by atoms with van der Waals surface area (Å²) in [5, 5.41) is 7.80. The smallest absolute Gasteiger partial charge is 0.338 e. The molecule has 0 aliphatic heterocycles. The fourth-order valence-corrected chi connectivity index (χ4v) is 2.89. The molecule has 0 saturated heterocycles. The topological polar surface area (TPSA) is 99.4 Å². The molecule has 2 aromatic carbocycles. The molecule has 0 N–H and O–H groups in total. The number of nitrogens with zero attached hydrogens (tertiary/aromatic N) is 2. The number of aromatic nitrogens is 2. The first kappa shape index (κ1) is 17.8. The summed E-state index contributed by atoms with van der Waals surface area (Å²) in [6.07, 6.45) is 1.10. The quantitative estimate of drug-likeness (QED) is 0.635. The number of ether oxygens (including phenoxy) is 1. The molecule has 134 valence electrons. The van der Waals surface area contributed by atoms with Crippen molar-refractivity contribution in [2.75, 3.05) is 6.26 Å². The summed E-state index contributed by atoms with van der Waals surface area (Å²) < 4.78 is 33.5. The third-order valence-electron chi connectivity index (χ3n) is 3.58. The number of esters is 1. The van der Waals surface area contributed by atoms with Gasteiger partial charge in [-0.15, -0.1) is 10.2 Å². The van der Waals surface area contributed by atoms with E-state index in [2.05, 4.69) is 10.2 Å². The Morgan fingerprint density at radius 1 is 1.12 bits per heavy atom. The normalized spacial score (nSPS) is 11.3. The van der Waals surface area contributed by atoms with Gasteiger partial charge in [0.25, 0.3) is 5.89 Å². The zero-order chi connectivity index (χ0) is 18.7. The number of carbonyl (C=O) groups excluding carboxylic acids is 1. The van der Waals surface area contributed by atoms with Gasteiger partial charge in [0.1, 0.15) is 0 Å². The predicted octanol–water partition coefficient (Wildman–Crippen LogP) is 2.81. The maximum absolute atomic E-state index is 12.0. The van der Waals surface area contributed by atoms with Crippen LogP contribution in [0, 0.1) is 6.92 Å². The minimum Gasteiger partial charge on any atom is -0.452 e. The highest BCUT2D eigenvalue weighted by Gasteiger charge is 2.14. The molecule has 0 aliphatic rings. The molecule has 1 aromatic heterocycles. The van der Waals surface area contributed by atoms with Gasteiger partial charge in [-0.1, -0.05) is 17.7 Å². The Hall–Kier alpha value is -3.00. The number of carbonyl (C=O) groups is 1. The van der Waals surface area contributed by atoms with E-state index < -0.39 is 15.8 Å². The average molecular weight is 372 g/mol. The number of rotatable bonds is 5. The Labute approximate surface area is 150 Å². The first-order valence-corrected chi connectivity index (χ1v) is 9.59. The summed E-state index contributed by atoms with van der Waals surface area (Å²) in [7, 11) is -3.31. The minimum atomic E-state index is -3.31. The Kier molecular flexibility index (Phi) is 4.85. The SMILES string of the molecule is Cc1cccc(-c2nnc(COC(=O)c3ccc(S(C)(=O)=O)cc3)o2)c1. The maximum atomic E-state index is 12.0. The average Bonchev–Trinajstić information content (AvgIpc) is 3.08. The van der Waals surface area contributed by atoms with Crippen LogP contribution in [0.25, 0.3) is 11.5 Å². The molecule has 0 bridgehead atoms. The van der Waals surface area contributed by atoms with Gasteiger partial charge in [-0.05, 0) is 43.3 Å². The standard InChI is InChI=1S/C18H16N2O5S/c1-12-4-3-5-14(10-12)17-20-19-16(25-17)11-24-18(21)13-6-8-15(9-7-13)26(2,22)23/h3-10H,11H2,1-2H3. The van der Waals surface area contributed by atoms with Gasteiger partial charge in [0, 0.05) is 11.8 Å². The van der Waals surface area contributed by atoms with Crippen LogP contribution in [0.3, 0.4) is 0 Å². The molecule has 0 unspecified atom stereocenters. The molecule has 0 atom stereocenters. The Morgan fingerprint density at radius 3 is 2.50 bits per heavy atom. The zero-order valence-corrected chi connectivity index (χ0v) is 15.0. The molecule has 26 heavy (non-hydrogen) atoms. The number of benzene rings is 2. The number of hydrogen-bond acceptors (Lipinski definition) is 7. The van der Waals surface area contributed by atoms with Gasteiger partial charge < -0.3 is 9.15 Å². The molecule has 8 heteroatoms. The molecule has 0 amide bonds. The zero-order valence-electron chi connectivity index (χ0n) is 14.2. The van der Waals surface area contributed by atoms with Gasteiger partial charge >= 0.3 is 5.97 Å². The second-order valence-electron chi connectivity index (χ2n) is 5.74. The maximum Gasteiger partial charge on any atom is 0.338 e. The molecule has 0 saturated carbocycles. The third kappa shape index (κ3) is 4.15. The van der Waals surface area contributed by atoms with Crippen molar-refractivity contribution in [1.82, 2.24) is 10.2 Å². The first-order valence-electron chi connectivity index (χ1n) is 7.69. The van der Waals surface area contributed by atoms with Gasteiger partial charge in [0.05, 0.1) is 10.5 Å². The second kappa shape index (κ2) is 7.09. The summed E-state index contributed by atoms with van der Waals surface area (Å²) >= 11 is 0. The number of hydrogen-bond donors (Lipinski definition) is 0. The van der Waals surface area contributed by atoms with E-state index in [9.17, 15) is 13.2 Å². The van der Waals surface area contributed by atoms with E-state index in [0.29, 0.717) is 5.89 Å². The van der Waals surface area contributed by atoms with Gasteiger partial charge in [-0.3, -0.25) is 0 Å². The molecule has 3 aromatic rings. The Morgan fingerprint density at radius 2 is 1.85 bits per heavy atom. The van der Waals surface area contributed by atoms with Gasteiger partial charge in [0.2, 0.25) is 5.89 Å². The lowest BCUT2D eigenvalue weighted by atomic mass is 10.1. The summed E-state index contributed by atoms with van der Waals surface area (Å²) in [6.45, 7) is 1.78. The van der Waals surface area contributed by atoms with Crippen molar-refractivity contribution in [3.8, 4) is 11.5 Å². The van der Waals surface area contributed by atoms with Gasteiger partial charge in [0.15, 0.2) is 16.4 Å². The van der Waals surface area contributed by atoms with Crippen molar-refractivity contribution < 1.29 is 22.4 Å². The minimum absolute atomic E-state index is 0.133. The lowest BCUT2D eigenvalue weighted by Crippen LogP contribution is -2.06. The monoisotopic (exact) mass is 372 g/mol. The van der Waals surface area contributed by atoms with Crippen LogP contribution in [-0.4, -0.2) is 30.8 Å². The summed E-state index contributed by atoms with van der Waals surface area (Å²) in [5.41, 5.74) is 2.08. The van der Waals surface area contributed by atoms with E-state index in [1.165, 1.54) is 24.3 Å². The lowest BCUT2D eigenvalue weighted by molar-refractivity contribution is 0.0438. The summed E-state index contributed by atoms with van der Waals surface area (Å²) in [6, 6.07) is 13.1. The van der Waals surface area contributed by atoms with Crippen molar-refractivity contribution in [3.05, 3.63) is 65.5 Å². The van der Waals surface area contributed by atoms with Crippen molar-refractivity contribution in [3.63, 3.8) is 0 Å². The molecule has 3 rings (SSSR count). The van der Waals surface area contributed by atoms with Crippen LogP contribution in [-0.2, 0) is 21.2 Å². The molecular formula is C18H16N2O5S. The van der Waals surface area contributed by atoms with Crippen molar-refractivity contribution in [1.29, 1.82) is 0 Å². The van der Waals surface area contributed by atoms with Crippen LogP contribution >= 0.6 is 0 Å². The van der Waals surface area contributed by atoms with E-state index in [4.69, 9.17) is 9.15 Å². The van der Waals surface area contributed by atoms with E-state index in [0.717, 1.165) is 17.4 Å². The molecule has 0 radical (unpaired) electrons. The summed E-state index contributed by atoms with van der Waals surface area (Å²) in [4.78, 5) is 12.2. The molecule has 0 aliphatic carbocycles. The molecule has 1 heterocycles. The van der Waals surface area contributed by atoms with Crippen molar-refractivity contribution in [2.45, 2.75) is 18.4 Å². The molecule has 0 fully saturated rings. The van der Waals surface area contributed by atoms with Gasteiger partial charge in [-0.2, -0.15) is 0 Å². The first-order chi connectivity index (χ1) is 12.3. The van der Waals surface area contributed by atoms with Crippen LogP contribution in [0.4, 0.5) is 0 Å². The highest BCUT2D eigenvalue weighted by atomic mass is 32.2. The van der Waals surface area contributed by atoms with Gasteiger partial charge in [-0.25, -0.2) is 13.2 Å². The van der Waals surface area contributed by atoms with E-state index in [1.54, 1.807) is 0 Å². The molecular weight excluding hydrogens is 356 g/mol. The fraction of sp³-hybridized carbons (Fsp3) is 0.167. The van der Waals surface area contributed by atoms with Crippen LogP contribution in [0.1, 0.15) is 21.8 Å². The van der Waals surface area contributed by atoms with E-state index in [-0.39, 0.29) is 23.0 Å². The van der Waals surface area contributed by atoms with Crippen LogP contribution < -0.4 is 0 Å². The van der Waals surface area contributed by atoms with E-state index in [1.807, 2.05) is 31.2 Å². The van der Waals surface area contributed by atoms with Crippen molar-refractivity contribution in [2.24, 2.45) is 0 Å². The number of aryl methyl sites for hydroxylation is 1. The lowest BCUT2D eigenvalue weighted by Gasteiger charge is -2.03. The number of sulfone groups is 1.